The summed E-state index contributed by atoms with van der Waals surface area (Å²) in [6.07, 6.45) is 4.55. The predicted octanol–water partition coefficient (Wildman–Crippen LogP) is 0.994. The maximum atomic E-state index is 12.1. The molecule has 0 spiro atoms. The number of carbonyl (C=O) groups excluding carboxylic acids is 1. The maximum Gasteiger partial charge on any atom is 0.261 e. The van der Waals surface area contributed by atoms with Gasteiger partial charge in [-0.3, -0.25) is 19.6 Å². The van der Waals surface area contributed by atoms with E-state index in [2.05, 4.69) is 20.3 Å². The normalized spacial score (nSPS) is 10.8. The number of rotatable bonds is 3. The quantitative estimate of drug-likeness (QED) is 0.665. The summed E-state index contributed by atoms with van der Waals surface area (Å²) in [5.41, 5.74) is 5.98. The van der Waals surface area contributed by atoms with E-state index < -0.39 is 0 Å². The number of amides is 1. The number of nitrogens with one attached hydrogen (secondary N) is 2. The first-order chi connectivity index (χ1) is 10.5. The number of anilines is 2. The van der Waals surface area contributed by atoms with E-state index in [1.54, 1.807) is 18.3 Å². The number of pyridine rings is 1. The molecular weight excluding hydrogens is 308 g/mol. The lowest BCUT2D eigenvalue weighted by Gasteiger charge is -2.08. The number of aromatic nitrogens is 4. The highest BCUT2D eigenvalue weighted by molar-refractivity contribution is 6.33. The van der Waals surface area contributed by atoms with E-state index in [9.17, 15) is 9.59 Å². The Morgan fingerprint density at radius 3 is 3.05 bits per heavy atom. The van der Waals surface area contributed by atoms with Gasteiger partial charge < -0.3 is 15.6 Å². The van der Waals surface area contributed by atoms with Crippen molar-refractivity contribution < 1.29 is 4.79 Å². The molecule has 0 aliphatic rings. The van der Waals surface area contributed by atoms with Crippen molar-refractivity contribution in [2.75, 3.05) is 11.1 Å². The summed E-state index contributed by atoms with van der Waals surface area (Å²) in [5, 5.41) is 3.37. The van der Waals surface area contributed by atoms with E-state index in [0.29, 0.717) is 21.7 Å². The Bertz CT molecular complexity index is 916. The smallest absolute Gasteiger partial charge is 0.261 e. The second kappa shape index (κ2) is 5.49. The first-order valence-corrected chi connectivity index (χ1v) is 6.66. The molecule has 0 radical (unpaired) electrons. The third kappa shape index (κ3) is 2.63. The minimum atomic E-state index is -0.348. The number of nitrogen functional groups attached to an aromatic ring is 1. The Hall–Kier alpha value is -2.87. The number of hydrogen-bond donors (Lipinski definition) is 3. The summed E-state index contributed by atoms with van der Waals surface area (Å²) in [6.45, 7) is -0.0297. The molecule has 3 heterocycles. The molecule has 112 valence electrons. The van der Waals surface area contributed by atoms with E-state index in [-0.39, 0.29) is 24.0 Å². The first-order valence-electron chi connectivity index (χ1n) is 6.28. The number of nitrogens with zero attached hydrogens (tertiary/aromatic N) is 3. The van der Waals surface area contributed by atoms with Gasteiger partial charge in [-0.05, 0) is 12.1 Å². The first kappa shape index (κ1) is 14.1. The van der Waals surface area contributed by atoms with Crippen LogP contribution in [0, 0.1) is 0 Å². The molecule has 9 heteroatoms. The zero-order chi connectivity index (χ0) is 15.7. The van der Waals surface area contributed by atoms with Crippen LogP contribution in [0.2, 0.25) is 5.02 Å². The second-order valence-electron chi connectivity index (χ2n) is 4.54. The molecule has 3 rings (SSSR count). The molecule has 4 N–H and O–H groups in total. The molecule has 22 heavy (non-hydrogen) atoms. The molecule has 0 unspecified atom stereocenters. The van der Waals surface area contributed by atoms with E-state index in [0.717, 1.165) is 0 Å². The summed E-state index contributed by atoms with van der Waals surface area (Å²) < 4.78 is 1.53. The van der Waals surface area contributed by atoms with Crippen molar-refractivity contribution in [1.82, 2.24) is 19.5 Å². The fraction of sp³-hybridized carbons (Fsp3) is 0.0769. The number of fused-ring (bicyclic) bond motifs is 1. The van der Waals surface area contributed by atoms with Gasteiger partial charge in [0.2, 0.25) is 11.9 Å². The summed E-state index contributed by atoms with van der Waals surface area (Å²) in [7, 11) is 0. The number of aromatic amines is 1. The summed E-state index contributed by atoms with van der Waals surface area (Å²) in [4.78, 5) is 34.1. The minimum absolute atomic E-state index is 0.00460. The van der Waals surface area contributed by atoms with Gasteiger partial charge in [0.25, 0.3) is 5.56 Å². The van der Waals surface area contributed by atoms with Crippen LogP contribution < -0.4 is 16.6 Å². The van der Waals surface area contributed by atoms with Crippen LogP contribution in [0.3, 0.4) is 0 Å². The highest BCUT2D eigenvalue weighted by atomic mass is 35.5. The van der Waals surface area contributed by atoms with Gasteiger partial charge in [0.05, 0.1) is 16.1 Å². The average molecular weight is 319 g/mol. The SMILES string of the molecule is Nc1nc2c(ccn2CC(=O)Nc2ccncc2Cl)c(=O)[nH]1. The Morgan fingerprint density at radius 1 is 1.45 bits per heavy atom. The van der Waals surface area contributed by atoms with Crippen molar-refractivity contribution in [3.63, 3.8) is 0 Å². The number of halogens is 1. The van der Waals surface area contributed by atoms with Gasteiger partial charge in [-0.25, -0.2) is 0 Å². The molecule has 1 amide bonds. The lowest BCUT2D eigenvalue weighted by molar-refractivity contribution is -0.116. The zero-order valence-corrected chi connectivity index (χ0v) is 12.0. The molecule has 0 aromatic carbocycles. The van der Waals surface area contributed by atoms with E-state index in [4.69, 9.17) is 17.3 Å². The van der Waals surface area contributed by atoms with Crippen molar-refractivity contribution in [3.05, 3.63) is 46.1 Å². The number of H-pyrrole nitrogens is 1. The van der Waals surface area contributed by atoms with Gasteiger partial charge in [-0.15, -0.1) is 0 Å². The lowest BCUT2D eigenvalue weighted by atomic mass is 10.4. The van der Waals surface area contributed by atoms with Crippen LogP contribution in [0.4, 0.5) is 11.6 Å². The minimum Gasteiger partial charge on any atom is -0.369 e. The van der Waals surface area contributed by atoms with Crippen molar-refractivity contribution in [1.29, 1.82) is 0 Å². The monoisotopic (exact) mass is 318 g/mol. The third-order valence-electron chi connectivity index (χ3n) is 3.01. The van der Waals surface area contributed by atoms with Crippen LogP contribution in [0.25, 0.3) is 11.0 Å². The average Bonchev–Trinajstić information content (AvgIpc) is 2.85. The maximum absolute atomic E-state index is 12.1. The summed E-state index contributed by atoms with van der Waals surface area (Å²) in [6, 6.07) is 3.17. The van der Waals surface area contributed by atoms with Crippen LogP contribution in [0.1, 0.15) is 0 Å². The van der Waals surface area contributed by atoms with E-state index in [1.165, 1.54) is 17.0 Å². The van der Waals surface area contributed by atoms with Crippen LogP contribution in [-0.4, -0.2) is 25.4 Å². The van der Waals surface area contributed by atoms with E-state index >= 15 is 0 Å². The standard InChI is InChI=1S/C13H11ClN6O2/c14-8-5-16-3-1-9(8)17-10(21)6-20-4-2-7-11(20)18-13(15)19-12(7)22/h1-5H,6H2,(H,16,17,21)(H3,15,18,19,22). The molecule has 0 saturated carbocycles. The highest BCUT2D eigenvalue weighted by Crippen LogP contribution is 2.19. The molecular formula is C13H11ClN6O2. The molecule has 0 bridgehead atoms. The molecule has 0 aliphatic heterocycles. The molecule has 3 aromatic heterocycles. The van der Waals surface area contributed by atoms with Crippen LogP contribution >= 0.6 is 11.6 Å². The van der Waals surface area contributed by atoms with Crippen molar-refractivity contribution in [3.8, 4) is 0 Å². The van der Waals surface area contributed by atoms with Gasteiger partial charge in [0.15, 0.2) is 0 Å². The third-order valence-corrected chi connectivity index (χ3v) is 3.31. The molecule has 3 aromatic rings. The summed E-state index contributed by atoms with van der Waals surface area (Å²) >= 11 is 5.93. The van der Waals surface area contributed by atoms with Crippen LogP contribution in [0.15, 0.2) is 35.5 Å². The van der Waals surface area contributed by atoms with Crippen molar-refractivity contribution in [2.45, 2.75) is 6.54 Å². The number of hydrogen-bond acceptors (Lipinski definition) is 5. The van der Waals surface area contributed by atoms with Gasteiger partial charge in [0, 0.05) is 18.6 Å². The molecule has 8 nitrogen and oxygen atoms in total. The number of nitrogens with two attached hydrogens (primary N) is 1. The topological polar surface area (TPSA) is 119 Å². The van der Waals surface area contributed by atoms with Crippen LogP contribution in [0.5, 0.6) is 0 Å². The van der Waals surface area contributed by atoms with Gasteiger partial charge in [0.1, 0.15) is 12.2 Å². The fourth-order valence-electron chi connectivity index (χ4n) is 2.04. The summed E-state index contributed by atoms with van der Waals surface area (Å²) in [5.74, 6) is -0.318. The molecule has 0 aliphatic carbocycles. The Labute approximate surface area is 128 Å². The highest BCUT2D eigenvalue weighted by Gasteiger charge is 2.11. The largest absolute Gasteiger partial charge is 0.369 e. The van der Waals surface area contributed by atoms with Gasteiger partial charge in [-0.2, -0.15) is 4.98 Å². The van der Waals surface area contributed by atoms with E-state index in [1.807, 2.05) is 0 Å². The second-order valence-corrected chi connectivity index (χ2v) is 4.94. The zero-order valence-electron chi connectivity index (χ0n) is 11.2. The van der Waals surface area contributed by atoms with Crippen LogP contribution in [-0.2, 0) is 11.3 Å². The predicted molar refractivity (Wildman–Crippen MR) is 82.6 cm³/mol. The van der Waals surface area contributed by atoms with Crippen molar-refractivity contribution >= 4 is 40.2 Å². The number of carbonyl (C=O) groups is 1. The van der Waals surface area contributed by atoms with Gasteiger partial charge >= 0.3 is 0 Å². The Morgan fingerprint density at radius 2 is 2.27 bits per heavy atom. The van der Waals surface area contributed by atoms with Crippen molar-refractivity contribution in [2.24, 2.45) is 0 Å². The van der Waals surface area contributed by atoms with Gasteiger partial charge in [-0.1, -0.05) is 11.6 Å². The Balaban J connectivity index is 1.86. The molecule has 0 saturated heterocycles. The molecule has 0 fully saturated rings. The molecule has 0 atom stereocenters. The fourth-order valence-corrected chi connectivity index (χ4v) is 2.21. The Kier molecular flexibility index (Phi) is 3.51. The lowest BCUT2D eigenvalue weighted by Crippen LogP contribution is -2.19.